The van der Waals surface area contributed by atoms with Crippen LogP contribution in [0, 0.1) is 0 Å². The van der Waals surface area contributed by atoms with E-state index < -0.39 is 0 Å². The molecule has 2 aliphatic heterocycles. The Kier molecular flexibility index (Phi) is 4.82. The zero-order valence-corrected chi connectivity index (χ0v) is 21.0. The molecule has 6 aromatic rings. The molecule has 0 aliphatic carbocycles. The number of hydrogen-bond donors (Lipinski definition) is 0. The van der Waals surface area contributed by atoms with E-state index in [1.807, 2.05) is 30.3 Å². The lowest BCUT2D eigenvalue weighted by Gasteiger charge is -2.38. The van der Waals surface area contributed by atoms with Crippen molar-refractivity contribution in [1.82, 2.24) is 0 Å². The summed E-state index contributed by atoms with van der Waals surface area (Å²) in [6.45, 7) is 0. The van der Waals surface area contributed by atoms with Crippen molar-refractivity contribution in [2.45, 2.75) is 0 Å². The standard InChI is InChI=1S/C36H23NO2/c1-3-8-24(9-4-1)26-14-16-27(17-15-26)29-19-21-31-35(23-29)39-33-13-7-12-32-36(33)37(31)30-20-18-28(22-34(30)38-32)25-10-5-2-6-11-25/h1-23H. The van der Waals surface area contributed by atoms with E-state index in [0.29, 0.717) is 0 Å². The molecule has 184 valence electrons. The zero-order chi connectivity index (χ0) is 25.8. The molecule has 0 atom stereocenters. The molecule has 2 heterocycles. The minimum atomic E-state index is 0.786. The van der Waals surface area contributed by atoms with Gasteiger partial charge < -0.3 is 9.47 Å². The fourth-order valence-electron chi connectivity index (χ4n) is 5.53. The predicted octanol–water partition coefficient (Wildman–Crippen LogP) is 10.4. The van der Waals surface area contributed by atoms with E-state index >= 15 is 0 Å². The first kappa shape index (κ1) is 21.8. The molecule has 3 heteroatoms. The highest BCUT2D eigenvalue weighted by Gasteiger charge is 2.34. The summed E-state index contributed by atoms with van der Waals surface area (Å²) in [5, 5.41) is 0. The second-order valence-electron chi connectivity index (χ2n) is 9.82. The molecule has 8 rings (SSSR count). The molecule has 0 spiro atoms. The van der Waals surface area contributed by atoms with Crippen LogP contribution in [0.15, 0.2) is 140 Å². The third-order valence-corrected chi connectivity index (χ3v) is 7.46. The molecule has 0 saturated carbocycles. The topological polar surface area (TPSA) is 21.7 Å². The zero-order valence-electron chi connectivity index (χ0n) is 21.0. The lowest BCUT2D eigenvalue weighted by Crippen LogP contribution is -2.20. The first-order valence-electron chi connectivity index (χ1n) is 13.1. The average Bonchev–Trinajstić information content (AvgIpc) is 3.01. The first-order valence-corrected chi connectivity index (χ1v) is 13.1. The second kappa shape index (κ2) is 8.64. The van der Waals surface area contributed by atoms with E-state index in [2.05, 4.69) is 114 Å². The highest BCUT2D eigenvalue weighted by atomic mass is 16.5. The summed E-state index contributed by atoms with van der Waals surface area (Å²) in [6.07, 6.45) is 0. The quantitative estimate of drug-likeness (QED) is 0.240. The Balaban J connectivity index is 1.21. The molecule has 6 aromatic carbocycles. The second-order valence-corrected chi connectivity index (χ2v) is 9.82. The molecule has 0 bridgehead atoms. The summed E-state index contributed by atoms with van der Waals surface area (Å²) in [6, 6.07) is 48.4. The van der Waals surface area contributed by atoms with Gasteiger partial charge in [0.2, 0.25) is 0 Å². The number of nitrogens with zero attached hydrogens (tertiary/aromatic N) is 1. The van der Waals surface area contributed by atoms with Gasteiger partial charge in [-0.05, 0) is 69.8 Å². The van der Waals surface area contributed by atoms with E-state index in [9.17, 15) is 0 Å². The van der Waals surface area contributed by atoms with E-state index in [0.717, 1.165) is 62.3 Å². The number of ether oxygens (including phenoxy) is 2. The molecule has 0 radical (unpaired) electrons. The van der Waals surface area contributed by atoms with Gasteiger partial charge in [0.1, 0.15) is 5.69 Å². The summed E-state index contributed by atoms with van der Waals surface area (Å²) in [5.41, 5.74) is 9.89. The highest BCUT2D eigenvalue weighted by Crippen LogP contribution is 2.60. The number of para-hydroxylation sites is 1. The molecule has 0 aromatic heterocycles. The van der Waals surface area contributed by atoms with Crippen molar-refractivity contribution in [2.24, 2.45) is 0 Å². The van der Waals surface area contributed by atoms with Gasteiger partial charge in [0.05, 0.1) is 11.4 Å². The van der Waals surface area contributed by atoms with Gasteiger partial charge in [-0.2, -0.15) is 0 Å². The monoisotopic (exact) mass is 501 g/mol. The number of benzene rings is 6. The third kappa shape index (κ3) is 3.59. The molecular formula is C36H23NO2. The van der Waals surface area contributed by atoms with Crippen LogP contribution in [0.2, 0.25) is 0 Å². The Bertz CT molecular complexity index is 1840. The van der Waals surface area contributed by atoms with E-state index in [4.69, 9.17) is 9.47 Å². The van der Waals surface area contributed by atoms with Crippen LogP contribution in [0.3, 0.4) is 0 Å². The average molecular weight is 502 g/mol. The van der Waals surface area contributed by atoms with Gasteiger partial charge in [-0.3, -0.25) is 4.90 Å². The van der Waals surface area contributed by atoms with Gasteiger partial charge in [-0.15, -0.1) is 0 Å². The van der Waals surface area contributed by atoms with Gasteiger partial charge in [-0.1, -0.05) is 103 Å². The maximum absolute atomic E-state index is 6.47. The van der Waals surface area contributed by atoms with Gasteiger partial charge in [0.25, 0.3) is 0 Å². The fraction of sp³-hybridized carbons (Fsp3) is 0. The fourth-order valence-corrected chi connectivity index (χ4v) is 5.53. The highest BCUT2D eigenvalue weighted by molar-refractivity contribution is 5.95. The molecule has 2 aliphatic rings. The Morgan fingerprint density at radius 3 is 1.26 bits per heavy atom. The largest absolute Gasteiger partial charge is 0.453 e. The van der Waals surface area contributed by atoms with Crippen LogP contribution in [-0.2, 0) is 0 Å². The minimum Gasteiger partial charge on any atom is -0.453 e. The van der Waals surface area contributed by atoms with Crippen molar-refractivity contribution < 1.29 is 9.47 Å². The Labute approximate surface area is 227 Å². The van der Waals surface area contributed by atoms with Crippen LogP contribution in [0.4, 0.5) is 17.1 Å². The molecule has 0 unspecified atom stereocenters. The van der Waals surface area contributed by atoms with Crippen molar-refractivity contribution in [3.8, 4) is 56.4 Å². The van der Waals surface area contributed by atoms with E-state index in [-0.39, 0.29) is 0 Å². The van der Waals surface area contributed by atoms with Gasteiger partial charge in [0.15, 0.2) is 23.0 Å². The summed E-state index contributed by atoms with van der Waals surface area (Å²) in [7, 11) is 0. The maximum atomic E-state index is 6.47. The predicted molar refractivity (Wildman–Crippen MR) is 158 cm³/mol. The number of rotatable bonds is 3. The van der Waals surface area contributed by atoms with E-state index in [1.165, 1.54) is 11.1 Å². The van der Waals surface area contributed by atoms with Crippen LogP contribution in [0.1, 0.15) is 0 Å². The Morgan fingerprint density at radius 2 is 0.744 bits per heavy atom. The molecule has 3 nitrogen and oxygen atoms in total. The van der Waals surface area contributed by atoms with Crippen LogP contribution < -0.4 is 14.4 Å². The third-order valence-electron chi connectivity index (χ3n) is 7.46. The van der Waals surface area contributed by atoms with Gasteiger partial charge >= 0.3 is 0 Å². The Morgan fingerprint density at radius 1 is 0.333 bits per heavy atom. The van der Waals surface area contributed by atoms with Crippen molar-refractivity contribution >= 4 is 17.1 Å². The molecule has 0 amide bonds. The Hall–Kier alpha value is -5.28. The summed E-state index contributed by atoms with van der Waals surface area (Å²) in [4.78, 5) is 2.26. The lowest BCUT2D eigenvalue weighted by molar-refractivity contribution is 0.446. The van der Waals surface area contributed by atoms with Crippen LogP contribution >= 0.6 is 0 Å². The number of hydrogen-bond acceptors (Lipinski definition) is 3. The molecule has 39 heavy (non-hydrogen) atoms. The normalized spacial score (nSPS) is 12.5. The van der Waals surface area contributed by atoms with Crippen molar-refractivity contribution in [3.05, 3.63) is 140 Å². The van der Waals surface area contributed by atoms with Crippen LogP contribution in [0.5, 0.6) is 23.0 Å². The molecule has 0 N–H and O–H groups in total. The summed E-state index contributed by atoms with van der Waals surface area (Å²) in [5.74, 6) is 3.23. The van der Waals surface area contributed by atoms with Crippen molar-refractivity contribution in [1.29, 1.82) is 0 Å². The molecule has 0 saturated heterocycles. The number of anilines is 3. The SMILES string of the molecule is c1ccc(-c2ccc(-c3ccc4c(c3)Oc3cccc5c3N4c3ccc(-c4ccccc4)cc3O5)cc2)cc1. The van der Waals surface area contributed by atoms with Crippen molar-refractivity contribution in [3.63, 3.8) is 0 Å². The smallest absolute Gasteiger partial charge is 0.155 e. The molecule has 0 fully saturated rings. The van der Waals surface area contributed by atoms with Gasteiger partial charge in [-0.25, -0.2) is 0 Å². The van der Waals surface area contributed by atoms with E-state index in [1.54, 1.807) is 0 Å². The minimum absolute atomic E-state index is 0.786. The van der Waals surface area contributed by atoms with Crippen LogP contribution in [0.25, 0.3) is 33.4 Å². The number of fused-ring (bicyclic) bond motifs is 4. The summed E-state index contributed by atoms with van der Waals surface area (Å²) < 4.78 is 12.9. The lowest BCUT2D eigenvalue weighted by atomic mass is 9.98. The van der Waals surface area contributed by atoms with Gasteiger partial charge in [0, 0.05) is 0 Å². The summed E-state index contributed by atoms with van der Waals surface area (Å²) >= 11 is 0. The maximum Gasteiger partial charge on any atom is 0.155 e. The van der Waals surface area contributed by atoms with Crippen LogP contribution in [-0.4, -0.2) is 0 Å². The first-order chi connectivity index (χ1) is 19.3. The molecular weight excluding hydrogens is 478 g/mol. The van der Waals surface area contributed by atoms with Crippen molar-refractivity contribution in [2.75, 3.05) is 4.90 Å².